The maximum Gasteiger partial charge on any atom is 0.257 e. The minimum absolute atomic E-state index is 0.210. The summed E-state index contributed by atoms with van der Waals surface area (Å²) in [6, 6.07) is 20.1. The van der Waals surface area contributed by atoms with Gasteiger partial charge in [0.2, 0.25) is 0 Å². The number of nitrogens with one attached hydrogen (secondary N) is 2. The summed E-state index contributed by atoms with van der Waals surface area (Å²) in [6.07, 6.45) is 0. The first-order valence-electron chi connectivity index (χ1n) is 8.94. The Morgan fingerprint density at radius 3 is 2.46 bits per heavy atom. The van der Waals surface area contributed by atoms with Gasteiger partial charge in [-0.15, -0.1) is 0 Å². The lowest BCUT2D eigenvalue weighted by Gasteiger charge is -2.14. The summed E-state index contributed by atoms with van der Waals surface area (Å²) in [4.78, 5) is 12.8. The largest absolute Gasteiger partial charge is 0.492 e. The third kappa shape index (κ3) is 4.82. The Balaban J connectivity index is 1.76. The first-order chi connectivity index (χ1) is 13.6. The minimum Gasteiger partial charge on any atom is -0.492 e. The van der Waals surface area contributed by atoms with Gasteiger partial charge >= 0.3 is 0 Å². The number of carbonyl (C=O) groups excluding carboxylic acids is 1. The smallest absolute Gasteiger partial charge is 0.257 e. The van der Waals surface area contributed by atoms with Gasteiger partial charge in [0.25, 0.3) is 5.91 Å². The second-order valence-electron chi connectivity index (χ2n) is 6.20. The number of anilines is 3. The minimum atomic E-state index is -0.210. The molecule has 0 aliphatic rings. The van der Waals surface area contributed by atoms with E-state index in [4.69, 9.17) is 22.1 Å². The zero-order chi connectivity index (χ0) is 19.9. The van der Waals surface area contributed by atoms with Gasteiger partial charge in [0, 0.05) is 22.9 Å². The first kappa shape index (κ1) is 19.7. The van der Waals surface area contributed by atoms with Gasteiger partial charge in [-0.3, -0.25) is 4.79 Å². The summed E-state index contributed by atoms with van der Waals surface area (Å²) >= 11 is 6.20. The van der Waals surface area contributed by atoms with Gasteiger partial charge in [0.05, 0.1) is 11.3 Å². The lowest BCUT2D eigenvalue weighted by Crippen LogP contribution is -2.14. The second kappa shape index (κ2) is 9.26. The van der Waals surface area contributed by atoms with Gasteiger partial charge < -0.3 is 21.1 Å². The van der Waals surface area contributed by atoms with E-state index in [9.17, 15) is 4.79 Å². The van der Waals surface area contributed by atoms with Crippen LogP contribution in [0, 0.1) is 6.92 Å². The molecule has 0 saturated carbocycles. The van der Waals surface area contributed by atoms with Crippen LogP contribution in [0.5, 0.6) is 5.75 Å². The second-order valence-corrected chi connectivity index (χ2v) is 6.61. The van der Waals surface area contributed by atoms with E-state index in [1.807, 2.05) is 43.3 Å². The molecule has 0 aromatic heterocycles. The van der Waals surface area contributed by atoms with E-state index < -0.39 is 0 Å². The van der Waals surface area contributed by atoms with Crippen LogP contribution >= 0.6 is 11.6 Å². The van der Waals surface area contributed by atoms with E-state index in [0.717, 1.165) is 11.3 Å². The van der Waals surface area contributed by atoms with Crippen LogP contribution in [0.1, 0.15) is 15.9 Å². The van der Waals surface area contributed by atoms with Gasteiger partial charge in [0.1, 0.15) is 12.4 Å². The van der Waals surface area contributed by atoms with Gasteiger partial charge in [0.15, 0.2) is 0 Å². The third-order valence-corrected chi connectivity index (χ3v) is 4.62. The molecule has 0 bridgehead atoms. The van der Waals surface area contributed by atoms with E-state index in [1.165, 1.54) is 0 Å². The van der Waals surface area contributed by atoms with Crippen LogP contribution < -0.4 is 21.1 Å². The summed E-state index contributed by atoms with van der Waals surface area (Å²) in [6.45, 7) is 2.84. The predicted octanol–water partition coefficient (Wildman–Crippen LogP) is 4.98. The zero-order valence-corrected chi connectivity index (χ0v) is 16.3. The predicted molar refractivity (Wildman–Crippen MR) is 115 cm³/mol. The third-order valence-electron chi connectivity index (χ3n) is 4.21. The number of benzene rings is 3. The summed E-state index contributed by atoms with van der Waals surface area (Å²) in [5, 5.41) is 6.88. The van der Waals surface area contributed by atoms with Gasteiger partial charge in [-0.25, -0.2) is 0 Å². The van der Waals surface area contributed by atoms with E-state index in [0.29, 0.717) is 40.9 Å². The molecule has 0 spiro atoms. The molecule has 0 saturated heterocycles. The van der Waals surface area contributed by atoms with Crippen molar-refractivity contribution in [3.05, 3.63) is 82.9 Å². The number of rotatable bonds is 7. The van der Waals surface area contributed by atoms with Crippen LogP contribution in [0.25, 0.3) is 0 Å². The molecule has 0 aliphatic heterocycles. The number of carbonyl (C=O) groups is 1. The Morgan fingerprint density at radius 1 is 1.00 bits per heavy atom. The molecule has 0 aliphatic carbocycles. The maximum absolute atomic E-state index is 12.8. The van der Waals surface area contributed by atoms with Crippen LogP contribution in [0.3, 0.4) is 0 Å². The SMILES string of the molecule is Cc1c(Cl)cccc1Nc1ccccc1C(=O)Nc1ccc(OCCN)cc1. The van der Waals surface area contributed by atoms with E-state index >= 15 is 0 Å². The fourth-order valence-corrected chi connectivity index (χ4v) is 2.86. The van der Waals surface area contributed by atoms with Crippen molar-refractivity contribution in [2.75, 3.05) is 23.8 Å². The molecule has 0 radical (unpaired) electrons. The summed E-state index contributed by atoms with van der Waals surface area (Å²) in [7, 11) is 0. The highest BCUT2D eigenvalue weighted by molar-refractivity contribution is 6.31. The molecule has 6 heteroatoms. The Labute approximate surface area is 169 Å². The molecule has 4 N–H and O–H groups in total. The van der Waals surface area contributed by atoms with Crippen LogP contribution in [0.2, 0.25) is 5.02 Å². The molecular formula is C22H22ClN3O2. The summed E-state index contributed by atoms with van der Waals surface area (Å²) < 4.78 is 5.45. The molecule has 3 aromatic rings. The van der Waals surface area contributed by atoms with Crippen LogP contribution in [-0.4, -0.2) is 19.1 Å². The molecule has 0 fully saturated rings. The number of hydrogen-bond acceptors (Lipinski definition) is 4. The Kier molecular flexibility index (Phi) is 6.53. The molecule has 3 rings (SSSR count). The molecule has 0 unspecified atom stereocenters. The highest BCUT2D eigenvalue weighted by Crippen LogP contribution is 2.28. The average molecular weight is 396 g/mol. The number of halogens is 1. The molecule has 0 atom stereocenters. The standard InChI is InChI=1S/C22H22ClN3O2/c1-15-19(23)6-4-8-20(15)26-21-7-3-2-5-18(21)22(27)25-16-9-11-17(12-10-16)28-14-13-24/h2-12,26H,13-14,24H2,1H3,(H,25,27). The maximum atomic E-state index is 12.8. The summed E-state index contributed by atoms with van der Waals surface area (Å²) in [5.41, 5.74) is 9.12. The van der Waals surface area contributed by atoms with Crippen molar-refractivity contribution in [3.8, 4) is 5.75 Å². The topological polar surface area (TPSA) is 76.4 Å². The first-order valence-corrected chi connectivity index (χ1v) is 9.31. The number of amides is 1. The molecule has 1 amide bonds. The van der Waals surface area contributed by atoms with Crippen molar-refractivity contribution >= 4 is 34.6 Å². The Morgan fingerprint density at radius 2 is 1.71 bits per heavy atom. The molecule has 3 aromatic carbocycles. The molecule has 144 valence electrons. The molecular weight excluding hydrogens is 374 g/mol. The number of nitrogens with two attached hydrogens (primary N) is 1. The van der Waals surface area contributed by atoms with Crippen molar-refractivity contribution in [3.63, 3.8) is 0 Å². The normalized spacial score (nSPS) is 10.4. The summed E-state index contributed by atoms with van der Waals surface area (Å²) in [5.74, 6) is 0.500. The van der Waals surface area contributed by atoms with Gasteiger partial charge in [-0.2, -0.15) is 0 Å². The van der Waals surface area contributed by atoms with Gasteiger partial charge in [-0.05, 0) is 61.0 Å². The van der Waals surface area contributed by atoms with Gasteiger partial charge in [-0.1, -0.05) is 29.8 Å². The van der Waals surface area contributed by atoms with E-state index in [1.54, 1.807) is 30.3 Å². The van der Waals surface area contributed by atoms with Crippen LogP contribution in [0.15, 0.2) is 66.7 Å². The van der Waals surface area contributed by atoms with Crippen LogP contribution in [0.4, 0.5) is 17.1 Å². The lowest BCUT2D eigenvalue weighted by atomic mass is 10.1. The number of para-hydroxylation sites is 1. The fourth-order valence-electron chi connectivity index (χ4n) is 2.69. The Hall–Kier alpha value is -3.02. The number of ether oxygens (including phenoxy) is 1. The lowest BCUT2D eigenvalue weighted by molar-refractivity contribution is 0.102. The highest BCUT2D eigenvalue weighted by Gasteiger charge is 2.13. The monoisotopic (exact) mass is 395 g/mol. The van der Waals surface area contributed by atoms with Crippen LogP contribution in [-0.2, 0) is 0 Å². The van der Waals surface area contributed by atoms with Crippen molar-refractivity contribution in [1.29, 1.82) is 0 Å². The quantitative estimate of drug-likeness (QED) is 0.527. The van der Waals surface area contributed by atoms with Crippen molar-refractivity contribution in [1.82, 2.24) is 0 Å². The highest BCUT2D eigenvalue weighted by atomic mass is 35.5. The van der Waals surface area contributed by atoms with Crippen molar-refractivity contribution < 1.29 is 9.53 Å². The zero-order valence-electron chi connectivity index (χ0n) is 15.5. The molecule has 5 nitrogen and oxygen atoms in total. The van der Waals surface area contributed by atoms with E-state index in [-0.39, 0.29) is 5.91 Å². The van der Waals surface area contributed by atoms with E-state index in [2.05, 4.69) is 10.6 Å². The average Bonchev–Trinajstić information content (AvgIpc) is 2.71. The molecule has 0 heterocycles. The Bertz CT molecular complexity index is 958. The molecule has 28 heavy (non-hydrogen) atoms. The van der Waals surface area contributed by atoms with Crippen molar-refractivity contribution in [2.45, 2.75) is 6.92 Å². The fraction of sp³-hybridized carbons (Fsp3) is 0.136. The number of hydrogen-bond donors (Lipinski definition) is 3. The van der Waals surface area contributed by atoms with Crippen molar-refractivity contribution in [2.24, 2.45) is 5.73 Å².